The highest BCUT2D eigenvalue weighted by Gasteiger charge is 2.39. The van der Waals surface area contributed by atoms with E-state index in [0.29, 0.717) is 22.3 Å². The molecule has 0 saturated heterocycles. The predicted octanol–water partition coefficient (Wildman–Crippen LogP) is 14.6. The quantitative estimate of drug-likeness (QED) is 0.169. The fourth-order valence-electron chi connectivity index (χ4n) is 9.94. The van der Waals surface area contributed by atoms with Gasteiger partial charge < -0.3 is 18.5 Å². The van der Waals surface area contributed by atoms with Crippen molar-refractivity contribution in [1.29, 1.82) is 0 Å². The Bertz CT molecular complexity index is 2780. The molecule has 8 aromatic carbocycles. The van der Waals surface area contributed by atoms with Crippen LogP contribution in [0.25, 0.3) is 76.5 Å². The fraction of sp³-hybridized carbons (Fsp3) is 0.231. The van der Waals surface area contributed by atoms with E-state index in [-0.39, 0.29) is 23.7 Å². The summed E-state index contributed by atoms with van der Waals surface area (Å²) >= 11 is 0. The molecule has 2 saturated carbocycles. The second kappa shape index (κ2) is 14.8. The van der Waals surface area contributed by atoms with Gasteiger partial charge in [0.1, 0.15) is 23.0 Å². The molecule has 11 rings (SSSR count). The van der Waals surface area contributed by atoms with Crippen LogP contribution in [0.15, 0.2) is 133 Å². The summed E-state index contributed by atoms with van der Waals surface area (Å²) in [4.78, 5) is 12.1. The first-order valence-corrected chi connectivity index (χ1v) is 22.7. The van der Waals surface area contributed by atoms with E-state index >= 15 is 0 Å². The minimum atomic E-state index is -4.85. The summed E-state index contributed by atoms with van der Waals surface area (Å²) in [5.74, 6) is 2.04. The molecule has 0 unspecified atom stereocenters. The lowest BCUT2D eigenvalue weighted by Crippen LogP contribution is -2.20. The molecule has 0 atom stereocenters. The van der Waals surface area contributed by atoms with Crippen molar-refractivity contribution in [3.8, 4) is 56.4 Å². The normalized spacial score (nSPS) is 16.9. The third kappa shape index (κ3) is 6.50. The van der Waals surface area contributed by atoms with Gasteiger partial charge in [-0.1, -0.05) is 122 Å². The van der Waals surface area contributed by atoms with Gasteiger partial charge in [-0.05, 0) is 119 Å². The van der Waals surface area contributed by atoms with Gasteiger partial charge >= 0.3 is 7.82 Å². The van der Waals surface area contributed by atoms with Crippen molar-refractivity contribution in [2.45, 2.75) is 76.4 Å². The van der Waals surface area contributed by atoms with Crippen LogP contribution in [-0.2, 0) is 4.57 Å². The summed E-state index contributed by atoms with van der Waals surface area (Å²) in [6, 6.07) is 45.4. The molecule has 2 fully saturated rings. The van der Waals surface area contributed by atoms with Crippen LogP contribution >= 0.6 is 7.82 Å². The van der Waals surface area contributed by atoms with Crippen molar-refractivity contribution < 1.29 is 28.0 Å². The van der Waals surface area contributed by atoms with Crippen LogP contribution < -0.4 is 18.5 Å². The topological polar surface area (TPSA) is 74.2 Å². The van der Waals surface area contributed by atoms with Crippen LogP contribution in [0.1, 0.15) is 64.2 Å². The molecule has 0 radical (unpaired) electrons. The van der Waals surface area contributed by atoms with Gasteiger partial charge in [0.05, 0.1) is 12.2 Å². The lowest BCUT2D eigenvalue weighted by atomic mass is 9.85. The number of rotatable bonds is 6. The molecule has 1 aliphatic heterocycles. The molecule has 294 valence electrons. The highest BCUT2D eigenvalue weighted by Crippen LogP contribution is 2.63. The Morgan fingerprint density at radius 1 is 0.441 bits per heavy atom. The Morgan fingerprint density at radius 3 is 1.20 bits per heavy atom. The van der Waals surface area contributed by atoms with Gasteiger partial charge in [0, 0.05) is 33.4 Å². The number of ether oxygens (including phenoxy) is 2. The number of hydrogen-bond donors (Lipinski definition) is 1. The Balaban J connectivity index is 1.25. The second-order valence-electron chi connectivity index (χ2n) is 16.4. The first-order valence-electron chi connectivity index (χ1n) is 21.2. The molecule has 0 bridgehead atoms. The second-order valence-corrected chi connectivity index (χ2v) is 17.7. The van der Waals surface area contributed by atoms with Crippen molar-refractivity contribution in [2.75, 3.05) is 0 Å². The van der Waals surface area contributed by atoms with Gasteiger partial charge in [0.2, 0.25) is 0 Å². The predicted molar refractivity (Wildman–Crippen MR) is 239 cm³/mol. The summed E-state index contributed by atoms with van der Waals surface area (Å²) < 4.78 is 41.7. The smallest absolute Gasteiger partial charge is 0.490 e. The average molecular weight is 797 g/mol. The van der Waals surface area contributed by atoms with Gasteiger partial charge in [0.15, 0.2) is 0 Å². The van der Waals surface area contributed by atoms with E-state index in [1.165, 1.54) is 12.8 Å². The van der Waals surface area contributed by atoms with Gasteiger partial charge in [-0.25, -0.2) is 4.57 Å². The average Bonchev–Trinajstić information content (AvgIpc) is 3.40. The lowest BCUT2D eigenvalue weighted by molar-refractivity contribution is 0.156. The maximum atomic E-state index is 14.8. The van der Waals surface area contributed by atoms with Crippen LogP contribution in [0.5, 0.6) is 23.0 Å². The lowest BCUT2D eigenvalue weighted by Gasteiger charge is -2.26. The number of hydrogen-bond acceptors (Lipinski definition) is 5. The Hall–Kier alpha value is -5.81. The molecular weight excluding hydrogens is 752 g/mol. The molecule has 6 nitrogen and oxygen atoms in total. The first-order chi connectivity index (χ1) is 29.0. The Kier molecular flexibility index (Phi) is 9.09. The molecule has 3 aliphatic rings. The number of phosphoric ester groups is 1. The van der Waals surface area contributed by atoms with Crippen LogP contribution in [0.4, 0.5) is 0 Å². The third-order valence-corrected chi connectivity index (χ3v) is 13.5. The van der Waals surface area contributed by atoms with Crippen LogP contribution in [0.3, 0.4) is 0 Å². The molecule has 1 heterocycles. The SMILES string of the molecule is O=P1(O)Oc2c(-c3c(OC4CCCCC4)ccc4ccccc34)cc3ccccc3c2-c2c(c(-c3c(OC4CCCCC4)ccc4ccccc34)cc3ccccc23)O1. The van der Waals surface area contributed by atoms with E-state index < -0.39 is 7.82 Å². The van der Waals surface area contributed by atoms with Crippen molar-refractivity contribution in [3.05, 3.63) is 133 Å². The number of phosphoric acid groups is 1. The van der Waals surface area contributed by atoms with Gasteiger partial charge in [0.25, 0.3) is 0 Å². The molecule has 7 heteroatoms. The van der Waals surface area contributed by atoms with Gasteiger partial charge in [-0.3, -0.25) is 4.89 Å². The fourth-order valence-corrected chi connectivity index (χ4v) is 10.8. The maximum absolute atomic E-state index is 14.8. The van der Waals surface area contributed by atoms with E-state index in [0.717, 1.165) is 117 Å². The zero-order chi connectivity index (χ0) is 39.5. The molecule has 59 heavy (non-hydrogen) atoms. The number of benzene rings is 8. The van der Waals surface area contributed by atoms with Crippen molar-refractivity contribution >= 4 is 50.9 Å². The molecule has 0 spiro atoms. The van der Waals surface area contributed by atoms with Crippen LogP contribution in [-0.4, -0.2) is 17.1 Å². The zero-order valence-electron chi connectivity index (χ0n) is 32.9. The molecular formula is C52H45O6P. The van der Waals surface area contributed by atoms with E-state index in [2.05, 4.69) is 84.9 Å². The maximum Gasteiger partial charge on any atom is 0.584 e. The van der Waals surface area contributed by atoms with Gasteiger partial charge in [-0.2, -0.15) is 0 Å². The first kappa shape index (κ1) is 36.3. The monoisotopic (exact) mass is 796 g/mol. The third-order valence-electron chi connectivity index (χ3n) is 12.7. The van der Waals surface area contributed by atoms with E-state index in [1.54, 1.807) is 0 Å². The van der Waals surface area contributed by atoms with Gasteiger partial charge in [-0.15, -0.1) is 0 Å². The van der Waals surface area contributed by atoms with Crippen molar-refractivity contribution in [2.24, 2.45) is 0 Å². The number of fused-ring (bicyclic) bond motifs is 9. The van der Waals surface area contributed by atoms with Crippen molar-refractivity contribution in [1.82, 2.24) is 0 Å². The van der Waals surface area contributed by atoms with Crippen molar-refractivity contribution in [3.63, 3.8) is 0 Å². The molecule has 0 aromatic heterocycles. The highest BCUT2D eigenvalue weighted by molar-refractivity contribution is 7.48. The largest absolute Gasteiger partial charge is 0.584 e. The minimum absolute atomic E-state index is 0.0777. The minimum Gasteiger partial charge on any atom is -0.490 e. The standard InChI is InChI=1S/C52H45O6P/c53-59(54)57-51-43(47-39-23-11-7-15-33(39)27-29-45(47)55-37-19-3-1-4-20-37)31-35-17-9-13-25-41(35)49(51)50-42-26-14-10-18-36(42)32-44(52(50)58-59)48-40-24-12-8-16-34(40)28-30-46(48)56-38-21-5-2-6-22-38/h7-18,23-32,37-38H,1-6,19-22H2,(H,53,54). The summed E-state index contributed by atoms with van der Waals surface area (Å²) in [5.41, 5.74) is 4.41. The Labute approximate surface area is 343 Å². The Morgan fingerprint density at radius 2 is 0.797 bits per heavy atom. The van der Waals surface area contributed by atoms with E-state index in [4.69, 9.17) is 18.5 Å². The summed E-state index contributed by atoms with van der Waals surface area (Å²) in [6.07, 6.45) is 11.0. The zero-order valence-corrected chi connectivity index (χ0v) is 33.8. The van der Waals surface area contributed by atoms with E-state index in [1.807, 2.05) is 48.5 Å². The van der Waals surface area contributed by atoms with Crippen LogP contribution in [0, 0.1) is 0 Å². The molecule has 0 amide bonds. The summed E-state index contributed by atoms with van der Waals surface area (Å²) in [6.45, 7) is 0. The summed E-state index contributed by atoms with van der Waals surface area (Å²) in [7, 11) is -4.85. The molecule has 2 aliphatic carbocycles. The molecule has 1 N–H and O–H groups in total. The van der Waals surface area contributed by atoms with Crippen LogP contribution in [0.2, 0.25) is 0 Å². The summed E-state index contributed by atoms with van der Waals surface area (Å²) in [5, 5.41) is 7.70. The highest BCUT2D eigenvalue weighted by atomic mass is 31.2. The van der Waals surface area contributed by atoms with E-state index in [9.17, 15) is 9.46 Å². The molecule has 8 aromatic rings.